The summed E-state index contributed by atoms with van der Waals surface area (Å²) in [5.41, 5.74) is 0.583. The fourth-order valence-corrected chi connectivity index (χ4v) is 1.60. The number of aromatic nitrogens is 1. The van der Waals surface area contributed by atoms with Crippen molar-refractivity contribution >= 4 is 5.91 Å². The first-order chi connectivity index (χ1) is 9.75. The van der Waals surface area contributed by atoms with Crippen LogP contribution in [0.1, 0.15) is 16.8 Å². The van der Waals surface area contributed by atoms with Gasteiger partial charge in [0.25, 0.3) is 5.91 Å². The molecule has 4 nitrogen and oxygen atoms in total. The quantitative estimate of drug-likeness (QED) is 0.823. The zero-order valence-electron chi connectivity index (χ0n) is 10.9. The molecule has 1 aromatic heterocycles. The lowest BCUT2D eigenvalue weighted by atomic mass is 10.2. The molecule has 20 heavy (non-hydrogen) atoms. The molecule has 0 aliphatic rings. The van der Waals surface area contributed by atoms with Gasteiger partial charge in [-0.1, -0.05) is 0 Å². The van der Waals surface area contributed by atoms with Gasteiger partial charge in [0.1, 0.15) is 11.6 Å². The second-order valence-electron chi connectivity index (χ2n) is 4.15. The Kier molecular flexibility index (Phi) is 5.06. The van der Waals surface area contributed by atoms with E-state index in [2.05, 4.69) is 10.3 Å². The second kappa shape index (κ2) is 7.23. The Labute approximate surface area is 116 Å². The number of hydrogen-bond donors (Lipinski definition) is 1. The predicted molar refractivity (Wildman–Crippen MR) is 73.1 cm³/mol. The zero-order valence-corrected chi connectivity index (χ0v) is 10.9. The number of nitrogens with one attached hydrogen (secondary N) is 1. The Morgan fingerprint density at radius 2 is 1.85 bits per heavy atom. The maximum absolute atomic E-state index is 12.7. The summed E-state index contributed by atoms with van der Waals surface area (Å²) >= 11 is 0. The summed E-state index contributed by atoms with van der Waals surface area (Å²) in [4.78, 5) is 15.5. The van der Waals surface area contributed by atoms with E-state index in [-0.39, 0.29) is 11.7 Å². The summed E-state index contributed by atoms with van der Waals surface area (Å²) < 4.78 is 18.1. The van der Waals surface area contributed by atoms with E-state index in [4.69, 9.17) is 4.74 Å². The van der Waals surface area contributed by atoms with Gasteiger partial charge in [-0.3, -0.25) is 9.78 Å². The monoisotopic (exact) mass is 274 g/mol. The SMILES string of the molecule is O=C(NCCCOc1ccc(F)cc1)c1ccncc1. The highest BCUT2D eigenvalue weighted by Crippen LogP contribution is 2.10. The summed E-state index contributed by atoms with van der Waals surface area (Å²) in [6, 6.07) is 9.16. The third kappa shape index (κ3) is 4.35. The average Bonchev–Trinajstić information content (AvgIpc) is 2.49. The molecule has 2 rings (SSSR count). The van der Waals surface area contributed by atoms with E-state index >= 15 is 0 Å². The van der Waals surface area contributed by atoms with Crippen LogP contribution in [0.15, 0.2) is 48.8 Å². The first-order valence-corrected chi connectivity index (χ1v) is 6.32. The van der Waals surface area contributed by atoms with Gasteiger partial charge in [0, 0.05) is 24.5 Å². The fourth-order valence-electron chi connectivity index (χ4n) is 1.60. The fraction of sp³-hybridized carbons (Fsp3) is 0.200. The van der Waals surface area contributed by atoms with Crippen molar-refractivity contribution in [1.82, 2.24) is 10.3 Å². The Bertz CT molecular complexity index is 544. The van der Waals surface area contributed by atoms with Crippen LogP contribution in [0.25, 0.3) is 0 Å². The minimum atomic E-state index is -0.290. The zero-order chi connectivity index (χ0) is 14.2. The van der Waals surface area contributed by atoms with E-state index in [9.17, 15) is 9.18 Å². The van der Waals surface area contributed by atoms with Crippen LogP contribution in [-0.2, 0) is 0 Å². The van der Waals surface area contributed by atoms with Gasteiger partial charge in [-0.25, -0.2) is 4.39 Å². The lowest BCUT2D eigenvalue weighted by Crippen LogP contribution is -2.25. The molecular formula is C15H15FN2O2. The van der Waals surface area contributed by atoms with Crippen molar-refractivity contribution in [2.75, 3.05) is 13.2 Å². The number of hydrogen-bond acceptors (Lipinski definition) is 3. The number of nitrogens with zero attached hydrogens (tertiary/aromatic N) is 1. The molecule has 0 saturated heterocycles. The molecule has 0 unspecified atom stereocenters. The van der Waals surface area contributed by atoms with E-state index in [1.54, 1.807) is 36.7 Å². The van der Waals surface area contributed by atoms with Crippen LogP contribution >= 0.6 is 0 Å². The molecular weight excluding hydrogens is 259 g/mol. The van der Waals surface area contributed by atoms with Gasteiger partial charge in [-0.2, -0.15) is 0 Å². The molecule has 1 heterocycles. The minimum absolute atomic E-state index is 0.130. The van der Waals surface area contributed by atoms with Crippen LogP contribution in [0, 0.1) is 5.82 Å². The molecule has 1 aromatic carbocycles. The highest BCUT2D eigenvalue weighted by atomic mass is 19.1. The number of rotatable bonds is 6. The van der Waals surface area contributed by atoms with Crippen molar-refractivity contribution < 1.29 is 13.9 Å². The van der Waals surface area contributed by atoms with Gasteiger partial charge >= 0.3 is 0 Å². The molecule has 0 aliphatic heterocycles. The van der Waals surface area contributed by atoms with E-state index in [0.29, 0.717) is 30.9 Å². The Balaban J connectivity index is 1.64. The smallest absolute Gasteiger partial charge is 0.251 e. The largest absolute Gasteiger partial charge is 0.494 e. The molecule has 0 atom stereocenters. The maximum Gasteiger partial charge on any atom is 0.251 e. The standard InChI is InChI=1S/C15H15FN2O2/c16-13-2-4-14(5-3-13)20-11-1-8-18-15(19)12-6-9-17-10-7-12/h2-7,9-10H,1,8,11H2,(H,18,19). The topological polar surface area (TPSA) is 51.2 Å². The molecule has 1 amide bonds. The number of amides is 1. The lowest BCUT2D eigenvalue weighted by molar-refractivity contribution is 0.0951. The summed E-state index contributed by atoms with van der Waals surface area (Å²) in [6.45, 7) is 0.977. The molecule has 1 N–H and O–H groups in total. The summed E-state index contributed by atoms with van der Waals surface area (Å²) in [6.07, 6.45) is 3.83. The normalized spacial score (nSPS) is 10.1. The highest BCUT2D eigenvalue weighted by Gasteiger charge is 2.03. The third-order valence-corrected chi connectivity index (χ3v) is 2.63. The Hall–Kier alpha value is -2.43. The van der Waals surface area contributed by atoms with Crippen molar-refractivity contribution in [2.24, 2.45) is 0 Å². The average molecular weight is 274 g/mol. The molecule has 0 radical (unpaired) electrons. The highest BCUT2D eigenvalue weighted by molar-refractivity contribution is 5.93. The summed E-state index contributed by atoms with van der Waals surface area (Å²) in [5, 5.41) is 2.79. The van der Waals surface area contributed by atoms with Crippen LogP contribution in [0.3, 0.4) is 0 Å². The first-order valence-electron chi connectivity index (χ1n) is 6.32. The number of halogens is 1. The van der Waals surface area contributed by atoms with Gasteiger partial charge in [0.15, 0.2) is 0 Å². The number of carbonyl (C=O) groups is 1. The molecule has 0 bridgehead atoms. The second-order valence-corrected chi connectivity index (χ2v) is 4.15. The van der Waals surface area contributed by atoms with Crippen LogP contribution < -0.4 is 10.1 Å². The summed E-state index contributed by atoms with van der Waals surface area (Å²) in [7, 11) is 0. The van der Waals surface area contributed by atoms with Crippen molar-refractivity contribution in [1.29, 1.82) is 0 Å². The molecule has 0 spiro atoms. The van der Waals surface area contributed by atoms with Gasteiger partial charge in [0.05, 0.1) is 6.61 Å². The van der Waals surface area contributed by atoms with E-state index in [1.165, 1.54) is 12.1 Å². The van der Waals surface area contributed by atoms with Crippen LogP contribution in [0.2, 0.25) is 0 Å². The van der Waals surface area contributed by atoms with Crippen LogP contribution in [0.4, 0.5) is 4.39 Å². The summed E-state index contributed by atoms with van der Waals surface area (Å²) in [5.74, 6) is 0.197. The lowest BCUT2D eigenvalue weighted by Gasteiger charge is -2.07. The van der Waals surface area contributed by atoms with Gasteiger partial charge in [0.2, 0.25) is 0 Å². The van der Waals surface area contributed by atoms with Crippen molar-refractivity contribution in [2.45, 2.75) is 6.42 Å². The first kappa shape index (κ1) is 14.0. The van der Waals surface area contributed by atoms with Crippen molar-refractivity contribution in [3.05, 3.63) is 60.2 Å². The molecule has 0 fully saturated rings. The molecule has 5 heteroatoms. The van der Waals surface area contributed by atoms with Crippen molar-refractivity contribution in [3.8, 4) is 5.75 Å². The number of pyridine rings is 1. The molecule has 0 saturated carbocycles. The minimum Gasteiger partial charge on any atom is -0.494 e. The Morgan fingerprint density at radius 1 is 1.15 bits per heavy atom. The van der Waals surface area contributed by atoms with Crippen LogP contribution in [-0.4, -0.2) is 24.0 Å². The van der Waals surface area contributed by atoms with Gasteiger partial charge in [-0.15, -0.1) is 0 Å². The Morgan fingerprint density at radius 3 is 2.55 bits per heavy atom. The van der Waals surface area contributed by atoms with E-state index in [1.807, 2.05) is 0 Å². The predicted octanol–water partition coefficient (Wildman–Crippen LogP) is 2.42. The van der Waals surface area contributed by atoms with Crippen molar-refractivity contribution in [3.63, 3.8) is 0 Å². The van der Waals surface area contributed by atoms with Crippen LogP contribution in [0.5, 0.6) is 5.75 Å². The maximum atomic E-state index is 12.7. The van der Waals surface area contributed by atoms with Gasteiger partial charge < -0.3 is 10.1 Å². The molecule has 104 valence electrons. The number of ether oxygens (including phenoxy) is 1. The number of benzene rings is 1. The number of carbonyl (C=O) groups excluding carboxylic acids is 1. The molecule has 0 aliphatic carbocycles. The van der Waals surface area contributed by atoms with E-state index in [0.717, 1.165) is 0 Å². The molecule has 2 aromatic rings. The van der Waals surface area contributed by atoms with E-state index < -0.39 is 0 Å². The van der Waals surface area contributed by atoms with Gasteiger partial charge in [-0.05, 0) is 42.8 Å². The third-order valence-electron chi connectivity index (χ3n) is 2.63.